The highest BCUT2D eigenvalue weighted by atomic mass is 16.5. The first kappa shape index (κ1) is 41.8. The molecule has 5 aliphatic rings. The molecule has 9 nitrogen and oxygen atoms in total. The second-order valence-corrected chi connectivity index (χ2v) is 17.9. The van der Waals surface area contributed by atoms with E-state index in [0.29, 0.717) is 50.0 Å². The molecule has 14 unspecified atom stereocenters. The van der Waals surface area contributed by atoms with Crippen LogP contribution in [-0.2, 0) is 14.3 Å². The molecule has 0 aromatic heterocycles. The largest absolute Gasteiger partial charge is 0.841 e. The molecule has 52 heavy (non-hydrogen) atoms. The molecule has 9 heteroatoms. The number of hydrogen-bond acceptors (Lipinski definition) is 7. The summed E-state index contributed by atoms with van der Waals surface area (Å²) in [6.07, 6.45) is 12.7. The number of carbonyl (C=O) groups excluding carboxylic acids is 2. The predicted octanol–water partition coefficient (Wildman–Crippen LogP) is 2.30. The number of piperidine rings is 1. The first-order chi connectivity index (χ1) is 25.1. The standard InChI is InChI=1S/C43H72N3O6/c1-4-9-34(39(49)26-45-17-5-2)32-21-28(19-27-16-18-46-41(44)22-27)20-30-12-14-33(29-10-7-6-8-11-29)35-25-38(48)40(52-3)24-31(35)13-15-37(47)43(51)42(50)36(30)23-32/h27-36,38-41,43,45-46,48-49H,4-11,13,15-26,44H2,1-3H3/q-1/p+2. The number of carbonyl (C=O) groups is 2. The number of hydrogen-bond donors (Lipinski definition) is 5. The smallest absolute Gasteiger partial charge is 0.137 e. The summed E-state index contributed by atoms with van der Waals surface area (Å²) in [6.45, 7) is 6.95. The number of methoxy groups -OCH3 is 1. The summed E-state index contributed by atoms with van der Waals surface area (Å²) in [5.74, 6) is 7.43. The Hall–Kier alpha value is -1.38. The molecule has 14 atom stereocenters. The van der Waals surface area contributed by atoms with Crippen LogP contribution in [-0.4, -0.2) is 79.1 Å². The Morgan fingerprint density at radius 3 is 2.46 bits per heavy atom. The van der Waals surface area contributed by atoms with Gasteiger partial charge >= 0.3 is 0 Å². The lowest BCUT2D eigenvalue weighted by atomic mass is 9.63. The number of Topliss-reactive ketones (excluding diaryl/α,β-unsaturated/α-hetero) is 2. The maximum absolute atomic E-state index is 14.5. The molecule has 1 saturated heterocycles. The maximum Gasteiger partial charge on any atom is 0.137 e. The molecule has 1 heterocycles. The fourth-order valence-electron chi connectivity index (χ4n) is 11.6. The van der Waals surface area contributed by atoms with Gasteiger partial charge in [-0.15, -0.1) is 0 Å². The highest BCUT2D eigenvalue weighted by Gasteiger charge is 2.45. The van der Waals surface area contributed by atoms with E-state index in [9.17, 15) is 24.9 Å². The van der Waals surface area contributed by atoms with Crippen molar-refractivity contribution in [2.24, 2.45) is 64.9 Å². The van der Waals surface area contributed by atoms with E-state index in [1.54, 1.807) is 7.11 Å². The first-order valence-corrected chi connectivity index (χ1v) is 21.7. The maximum atomic E-state index is 14.5. The zero-order valence-electron chi connectivity index (χ0n) is 32.8. The van der Waals surface area contributed by atoms with Gasteiger partial charge in [-0.3, -0.25) is 5.73 Å². The van der Waals surface area contributed by atoms with E-state index in [4.69, 9.17) is 10.5 Å². The van der Waals surface area contributed by atoms with Crippen LogP contribution in [0.25, 0.3) is 0 Å². The molecule has 5 rings (SSSR count). The summed E-state index contributed by atoms with van der Waals surface area (Å²) < 4.78 is 5.71. The van der Waals surface area contributed by atoms with Gasteiger partial charge in [-0.05, 0) is 125 Å². The molecule has 0 amide bonds. The van der Waals surface area contributed by atoms with Gasteiger partial charge < -0.3 is 40.3 Å². The van der Waals surface area contributed by atoms with Crippen LogP contribution in [0, 0.1) is 71.0 Å². The number of fused-ring (bicyclic) bond motifs is 2. The zero-order valence-corrected chi connectivity index (χ0v) is 32.8. The Labute approximate surface area is 314 Å². The molecule has 0 aromatic carbocycles. The summed E-state index contributed by atoms with van der Waals surface area (Å²) in [6, 6.07) is 0. The summed E-state index contributed by atoms with van der Waals surface area (Å²) in [5.41, 5.74) is 6.44. The Morgan fingerprint density at radius 2 is 1.75 bits per heavy atom. The molecular weight excluding hydrogens is 654 g/mol. The predicted molar refractivity (Wildman–Crippen MR) is 200 cm³/mol. The van der Waals surface area contributed by atoms with Crippen LogP contribution in [0.2, 0.25) is 0 Å². The molecule has 0 radical (unpaired) electrons. The third-order valence-electron chi connectivity index (χ3n) is 14.3. The normalized spacial score (nSPS) is 39.4. The average molecular weight is 729 g/mol. The lowest BCUT2D eigenvalue weighted by Crippen LogP contribution is -2.94. The summed E-state index contributed by atoms with van der Waals surface area (Å²) >= 11 is 0. The zero-order chi connectivity index (χ0) is 37.2. The van der Waals surface area contributed by atoms with Gasteiger partial charge in [0.1, 0.15) is 30.4 Å². The first-order valence-electron chi connectivity index (χ1n) is 21.7. The van der Waals surface area contributed by atoms with Crippen molar-refractivity contribution in [2.45, 2.75) is 160 Å². The number of rotatable bonds is 12. The SMILES string of the molecule is CCC[NH2+]CC(O)C(CCC)C1CC(CC2CC[NH2+]C(N)C2)CC2C#CC(C3CCCCC3)C3CC(O)C(OC)CC3CCC(=O)C([O-])C(=O)C2C1. The minimum absolute atomic E-state index is 0.0254. The third-order valence-corrected chi connectivity index (χ3v) is 14.3. The minimum Gasteiger partial charge on any atom is -0.841 e. The van der Waals surface area contributed by atoms with Gasteiger partial charge in [-0.25, -0.2) is 0 Å². The average Bonchev–Trinajstić information content (AvgIpc) is 3.31. The van der Waals surface area contributed by atoms with Crippen molar-refractivity contribution >= 4 is 11.6 Å². The van der Waals surface area contributed by atoms with E-state index in [1.165, 1.54) is 19.3 Å². The highest BCUT2D eigenvalue weighted by molar-refractivity contribution is 6.05. The molecular formula is C43H74N3O6+. The van der Waals surface area contributed by atoms with Crippen LogP contribution in [0.1, 0.15) is 129 Å². The van der Waals surface area contributed by atoms with Crippen LogP contribution in [0.3, 0.4) is 0 Å². The van der Waals surface area contributed by atoms with Crippen molar-refractivity contribution < 1.29 is 40.3 Å². The van der Waals surface area contributed by atoms with Gasteiger partial charge in [0.15, 0.2) is 0 Å². The summed E-state index contributed by atoms with van der Waals surface area (Å²) in [7, 11) is 1.64. The van der Waals surface area contributed by atoms with Gasteiger partial charge in [0.05, 0.1) is 25.3 Å². The third kappa shape index (κ3) is 10.9. The number of aliphatic hydroxyl groups is 2. The van der Waals surface area contributed by atoms with Crippen LogP contribution in [0.5, 0.6) is 0 Å². The Morgan fingerprint density at radius 1 is 0.962 bits per heavy atom. The van der Waals surface area contributed by atoms with E-state index in [2.05, 4.69) is 36.3 Å². The molecule has 3 saturated carbocycles. The van der Waals surface area contributed by atoms with Gasteiger partial charge in [-0.2, -0.15) is 0 Å². The molecule has 0 bridgehead atoms. The summed E-state index contributed by atoms with van der Waals surface area (Å²) in [5, 5.41) is 41.3. The van der Waals surface area contributed by atoms with Gasteiger partial charge in [0.2, 0.25) is 0 Å². The van der Waals surface area contributed by atoms with Crippen molar-refractivity contribution in [1.82, 2.24) is 0 Å². The number of ketones is 2. The molecule has 0 aromatic rings. The van der Waals surface area contributed by atoms with E-state index in [1.807, 2.05) is 0 Å². The fourth-order valence-corrected chi connectivity index (χ4v) is 11.6. The Balaban J connectivity index is 1.55. The van der Waals surface area contributed by atoms with Gasteiger partial charge in [-0.1, -0.05) is 51.4 Å². The van der Waals surface area contributed by atoms with Crippen molar-refractivity contribution in [3.8, 4) is 11.8 Å². The van der Waals surface area contributed by atoms with Crippen LogP contribution < -0.4 is 21.5 Å². The second kappa shape index (κ2) is 20.5. The monoisotopic (exact) mass is 729 g/mol. The van der Waals surface area contributed by atoms with Crippen LogP contribution in [0.4, 0.5) is 0 Å². The number of quaternary nitrogens is 2. The summed E-state index contributed by atoms with van der Waals surface area (Å²) in [4.78, 5) is 28.2. The van der Waals surface area contributed by atoms with Crippen molar-refractivity contribution in [3.63, 3.8) is 0 Å². The van der Waals surface area contributed by atoms with Crippen molar-refractivity contribution in [3.05, 3.63) is 0 Å². The molecule has 4 aliphatic carbocycles. The molecule has 0 spiro atoms. The van der Waals surface area contributed by atoms with Gasteiger partial charge in [0, 0.05) is 37.7 Å². The van der Waals surface area contributed by atoms with E-state index in [-0.39, 0.29) is 54.2 Å². The number of aliphatic hydroxyl groups excluding tert-OH is 2. The topological polar surface area (TPSA) is 166 Å². The van der Waals surface area contributed by atoms with Crippen molar-refractivity contribution in [2.75, 3.05) is 26.7 Å². The Bertz CT molecular complexity index is 1180. The van der Waals surface area contributed by atoms with Crippen molar-refractivity contribution in [1.29, 1.82) is 0 Å². The number of nitrogens with two attached hydrogens (primary N) is 3. The fraction of sp³-hybridized carbons (Fsp3) is 0.907. The minimum atomic E-state index is -1.90. The molecule has 1 aliphatic heterocycles. The molecule has 296 valence electrons. The molecule has 8 N–H and O–H groups in total. The van der Waals surface area contributed by atoms with Gasteiger partial charge in [0.25, 0.3) is 0 Å². The van der Waals surface area contributed by atoms with Crippen LogP contribution >= 0.6 is 0 Å². The second-order valence-electron chi connectivity index (χ2n) is 17.9. The highest BCUT2D eigenvalue weighted by Crippen LogP contribution is 2.47. The Kier molecular flexibility index (Phi) is 16.5. The lowest BCUT2D eigenvalue weighted by Gasteiger charge is -2.44. The van der Waals surface area contributed by atoms with E-state index < -0.39 is 35.8 Å². The quantitative estimate of drug-likeness (QED) is 0.117. The lowest BCUT2D eigenvalue weighted by molar-refractivity contribution is -0.699. The number of ether oxygens (including phenoxy) is 1. The molecule has 4 fully saturated rings. The van der Waals surface area contributed by atoms with E-state index >= 15 is 0 Å². The van der Waals surface area contributed by atoms with Crippen LogP contribution in [0.15, 0.2) is 0 Å². The van der Waals surface area contributed by atoms with E-state index in [0.717, 1.165) is 77.3 Å².